The third kappa shape index (κ3) is 4.60. The van der Waals surface area contributed by atoms with Gasteiger partial charge < -0.3 is 10.6 Å². The zero-order valence-electron chi connectivity index (χ0n) is 13.7. The van der Waals surface area contributed by atoms with Gasteiger partial charge >= 0.3 is 0 Å². The first-order chi connectivity index (χ1) is 12.6. The topological polar surface area (TPSA) is 66.9 Å². The minimum Gasteiger partial charge on any atom is -0.368 e. The fourth-order valence-electron chi connectivity index (χ4n) is 2.29. The van der Waals surface area contributed by atoms with Gasteiger partial charge in [-0.15, -0.1) is 0 Å². The van der Waals surface area contributed by atoms with Gasteiger partial charge in [0.05, 0.1) is 18.1 Å². The Morgan fingerprint density at radius 3 is 2.50 bits per heavy atom. The molecule has 0 saturated carbocycles. The molecule has 2 aromatic carbocycles. The van der Waals surface area contributed by atoms with Crippen LogP contribution >= 0.6 is 0 Å². The normalized spacial score (nSPS) is 10.4. The molecular weight excluding hydrogens is 338 g/mol. The van der Waals surface area contributed by atoms with Gasteiger partial charge in [-0.2, -0.15) is 0 Å². The van der Waals surface area contributed by atoms with Crippen LogP contribution in [0.1, 0.15) is 16.1 Å². The molecule has 0 atom stereocenters. The number of benzene rings is 2. The van der Waals surface area contributed by atoms with Gasteiger partial charge in [0.25, 0.3) is 5.91 Å². The van der Waals surface area contributed by atoms with Crippen LogP contribution in [0.5, 0.6) is 0 Å². The first-order valence-corrected chi connectivity index (χ1v) is 7.98. The molecule has 0 aliphatic rings. The molecule has 0 spiro atoms. The molecule has 0 fully saturated rings. The molecule has 132 valence electrons. The summed E-state index contributed by atoms with van der Waals surface area (Å²) in [4.78, 5) is 20.2. The summed E-state index contributed by atoms with van der Waals surface area (Å²) in [5, 5.41) is 5.45. The van der Waals surface area contributed by atoms with E-state index in [9.17, 15) is 13.6 Å². The molecule has 3 rings (SSSR count). The van der Waals surface area contributed by atoms with Crippen LogP contribution < -0.4 is 10.6 Å². The standard InChI is InChI=1S/C19H16F2N4O/c20-14-6-7-16(15(21)10-14)25-19(26)17-11-24-18(12-23-17)22-9-8-13-4-2-1-3-5-13/h1-7,10-12H,8-9H2,(H,22,24)(H,25,26). The first-order valence-electron chi connectivity index (χ1n) is 7.98. The first kappa shape index (κ1) is 17.5. The highest BCUT2D eigenvalue weighted by atomic mass is 19.1. The second-order valence-electron chi connectivity index (χ2n) is 5.53. The number of rotatable bonds is 6. The highest BCUT2D eigenvalue weighted by Crippen LogP contribution is 2.15. The van der Waals surface area contributed by atoms with Gasteiger partial charge in [0.2, 0.25) is 0 Å². The molecule has 26 heavy (non-hydrogen) atoms. The van der Waals surface area contributed by atoms with E-state index in [0.29, 0.717) is 18.4 Å². The molecular formula is C19H16F2N4O. The molecule has 5 nitrogen and oxygen atoms in total. The van der Waals surface area contributed by atoms with Gasteiger partial charge in [0.15, 0.2) is 0 Å². The summed E-state index contributed by atoms with van der Waals surface area (Å²) < 4.78 is 26.4. The maximum Gasteiger partial charge on any atom is 0.275 e. The van der Waals surface area contributed by atoms with Gasteiger partial charge in [0.1, 0.15) is 23.1 Å². The molecule has 0 saturated heterocycles. The van der Waals surface area contributed by atoms with Crippen molar-refractivity contribution in [1.29, 1.82) is 0 Å². The SMILES string of the molecule is O=C(Nc1ccc(F)cc1F)c1cnc(NCCc2ccccc2)cn1. The Bertz CT molecular complexity index is 886. The van der Waals surface area contributed by atoms with E-state index in [1.165, 1.54) is 18.0 Å². The lowest BCUT2D eigenvalue weighted by Crippen LogP contribution is -2.15. The maximum absolute atomic E-state index is 13.6. The third-order valence-corrected chi connectivity index (χ3v) is 3.63. The number of amides is 1. The molecule has 1 heterocycles. The predicted octanol–water partition coefficient (Wildman–Crippen LogP) is 3.66. The molecule has 2 N–H and O–H groups in total. The molecule has 1 amide bonds. The van der Waals surface area contributed by atoms with E-state index in [1.807, 2.05) is 30.3 Å². The van der Waals surface area contributed by atoms with Crippen molar-refractivity contribution < 1.29 is 13.6 Å². The number of hydrogen-bond donors (Lipinski definition) is 2. The number of halogens is 2. The van der Waals surface area contributed by atoms with Gasteiger partial charge in [-0.1, -0.05) is 30.3 Å². The van der Waals surface area contributed by atoms with Crippen molar-refractivity contribution in [3.8, 4) is 0 Å². The van der Waals surface area contributed by atoms with Crippen LogP contribution in [0.4, 0.5) is 20.3 Å². The Labute approximate surface area is 149 Å². The largest absolute Gasteiger partial charge is 0.368 e. The van der Waals surface area contributed by atoms with Gasteiger partial charge in [0, 0.05) is 12.6 Å². The molecule has 0 aliphatic heterocycles. The Kier molecular flexibility index (Phi) is 5.48. The summed E-state index contributed by atoms with van der Waals surface area (Å²) in [7, 11) is 0. The number of carbonyl (C=O) groups excluding carboxylic acids is 1. The summed E-state index contributed by atoms with van der Waals surface area (Å²) in [5.74, 6) is -1.67. The van der Waals surface area contributed by atoms with E-state index in [2.05, 4.69) is 20.6 Å². The van der Waals surface area contributed by atoms with Crippen molar-refractivity contribution in [1.82, 2.24) is 9.97 Å². The Hall–Kier alpha value is -3.35. The lowest BCUT2D eigenvalue weighted by Gasteiger charge is -2.07. The van der Waals surface area contributed by atoms with Crippen molar-refractivity contribution in [2.75, 3.05) is 17.2 Å². The fourth-order valence-corrected chi connectivity index (χ4v) is 2.29. The molecule has 0 unspecified atom stereocenters. The quantitative estimate of drug-likeness (QED) is 0.709. The van der Waals surface area contributed by atoms with Crippen LogP contribution in [0, 0.1) is 11.6 Å². The highest BCUT2D eigenvalue weighted by molar-refractivity contribution is 6.02. The van der Waals surface area contributed by atoms with Crippen LogP contribution in [0.3, 0.4) is 0 Å². The van der Waals surface area contributed by atoms with E-state index < -0.39 is 17.5 Å². The fraction of sp³-hybridized carbons (Fsp3) is 0.105. The molecule has 1 aromatic heterocycles. The summed E-state index contributed by atoms with van der Waals surface area (Å²) in [5.41, 5.74) is 1.11. The predicted molar refractivity (Wildman–Crippen MR) is 95.0 cm³/mol. The molecule has 0 bridgehead atoms. The number of nitrogens with zero attached hydrogens (tertiary/aromatic N) is 2. The summed E-state index contributed by atoms with van der Waals surface area (Å²) in [6, 6.07) is 12.9. The van der Waals surface area contributed by atoms with Crippen molar-refractivity contribution in [2.24, 2.45) is 0 Å². The van der Waals surface area contributed by atoms with Crippen molar-refractivity contribution in [3.63, 3.8) is 0 Å². The third-order valence-electron chi connectivity index (χ3n) is 3.63. The van der Waals surface area contributed by atoms with E-state index in [4.69, 9.17) is 0 Å². The summed E-state index contributed by atoms with van der Waals surface area (Å²) in [6.07, 6.45) is 3.55. The van der Waals surface area contributed by atoms with Crippen molar-refractivity contribution in [3.05, 3.63) is 83.8 Å². The zero-order valence-corrected chi connectivity index (χ0v) is 13.7. The number of hydrogen-bond acceptors (Lipinski definition) is 4. The smallest absolute Gasteiger partial charge is 0.275 e. The van der Waals surface area contributed by atoms with E-state index in [-0.39, 0.29) is 11.4 Å². The lowest BCUT2D eigenvalue weighted by molar-refractivity contribution is 0.102. The van der Waals surface area contributed by atoms with Crippen molar-refractivity contribution >= 4 is 17.4 Å². The Balaban J connectivity index is 1.55. The van der Waals surface area contributed by atoms with Crippen LogP contribution in [-0.2, 0) is 6.42 Å². The van der Waals surface area contributed by atoms with Gasteiger partial charge in [-0.25, -0.2) is 18.7 Å². The molecule has 0 radical (unpaired) electrons. The zero-order chi connectivity index (χ0) is 18.4. The molecule has 7 heteroatoms. The highest BCUT2D eigenvalue weighted by Gasteiger charge is 2.11. The maximum atomic E-state index is 13.6. The minimum atomic E-state index is -0.856. The monoisotopic (exact) mass is 354 g/mol. The average Bonchev–Trinajstić information content (AvgIpc) is 2.65. The van der Waals surface area contributed by atoms with Crippen LogP contribution in [0.25, 0.3) is 0 Å². The summed E-state index contributed by atoms with van der Waals surface area (Å²) in [6.45, 7) is 0.672. The number of carbonyl (C=O) groups is 1. The van der Waals surface area contributed by atoms with E-state index in [0.717, 1.165) is 18.6 Å². The number of aromatic nitrogens is 2. The van der Waals surface area contributed by atoms with Crippen molar-refractivity contribution in [2.45, 2.75) is 6.42 Å². The van der Waals surface area contributed by atoms with Gasteiger partial charge in [-0.3, -0.25) is 4.79 Å². The minimum absolute atomic E-state index is 0.0299. The Morgan fingerprint density at radius 2 is 1.81 bits per heavy atom. The van der Waals surface area contributed by atoms with E-state index in [1.54, 1.807) is 0 Å². The second-order valence-corrected chi connectivity index (χ2v) is 5.53. The second kappa shape index (κ2) is 8.15. The average molecular weight is 354 g/mol. The van der Waals surface area contributed by atoms with Crippen LogP contribution in [0.15, 0.2) is 60.9 Å². The Morgan fingerprint density at radius 1 is 1.00 bits per heavy atom. The van der Waals surface area contributed by atoms with Crippen LogP contribution in [-0.4, -0.2) is 22.4 Å². The van der Waals surface area contributed by atoms with E-state index >= 15 is 0 Å². The number of anilines is 2. The van der Waals surface area contributed by atoms with Crippen LogP contribution in [0.2, 0.25) is 0 Å². The molecule has 0 aliphatic carbocycles. The molecule has 3 aromatic rings. The lowest BCUT2D eigenvalue weighted by atomic mass is 10.1. The van der Waals surface area contributed by atoms with Gasteiger partial charge in [-0.05, 0) is 24.1 Å². The summed E-state index contributed by atoms with van der Waals surface area (Å²) >= 11 is 0. The number of nitrogens with one attached hydrogen (secondary N) is 2.